The summed E-state index contributed by atoms with van der Waals surface area (Å²) < 4.78 is 10.8. The summed E-state index contributed by atoms with van der Waals surface area (Å²) in [6.45, 7) is 4.03. The van der Waals surface area contributed by atoms with Crippen LogP contribution in [0.15, 0.2) is 12.1 Å². The van der Waals surface area contributed by atoms with Gasteiger partial charge in [-0.15, -0.1) is 12.4 Å². The number of ether oxygens (including phenoxy) is 2. The molecule has 3 aliphatic heterocycles. The molecule has 1 aromatic carbocycles. The summed E-state index contributed by atoms with van der Waals surface area (Å²) in [7, 11) is 0. The zero-order chi connectivity index (χ0) is 14.2. The highest BCUT2D eigenvalue weighted by Crippen LogP contribution is 2.38. The Morgan fingerprint density at radius 2 is 1.91 bits per heavy atom. The van der Waals surface area contributed by atoms with Crippen LogP contribution in [-0.2, 0) is 6.54 Å². The fourth-order valence-corrected chi connectivity index (χ4v) is 3.45. The molecule has 0 aromatic heterocycles. The van der Waals surface area contributed by atoms with E-state index in [0.717, 1.165) is 48.8 Å². The highest BCUT2D eigenvalue weighted by molar-refractivity contribution is 5.99. The smallest absolute Gasteiger partial charge is 0.254 e. The second-order valence-electron chi connectivity index (χ2n) is 6.07. The normalized spacial score (nSPS) is 20.0. The fourth-order valence-electron chi connectivity index (χ4n) is 3.45. The Hall–Kier alpha value is -1.46. The molecule has 0 radical (unpaired) electrons. The summed E-state index contributed by atoms with van der Waals surface area (Å²) in [5.41, 5.74) is 1.85. The number of carbonyl (C=O) groups excluding carboxylic acids is 1. The number of nitrogens with one attached hydrogen (secondary N) is 1. The van der Waals surface area contributed by atoms with Gasteiger partial charge in [-0.25, -0.2) is 0 Å². The third-order valence-electron chi connectivity index (χ3n) is 4.74. The second-order valence-corrected chi connectivity index (χ2v) is 6.07. The third kappa shape index (κ3) is 2.75. The predicted octanol–water partition coefficient (Wildman–Crippen LogP) is 2.18. The highest BCUT2D eigenvalue weighted by Gasteiger charge is 2.31. The van der Waals surface area contributed by atoms with E-state index in [-0.39, 0.29) is 25.1 Å². The first-order chi connectivity index (χ1) is 10.3. The molecule has 1 N–H and O–H groups in total. The van der Waals surface area contributed by atoms with E-state index < -0.39 is 0 Å². The van der Waals surface area contributed by atoms with Crippen LogP contribution < -0.4 is 14.8 Å². The van der Waals surface area contributed by atoms with Crippen molar-refractivity contribution in [1.82, 2.24) is 10.2 Å². The van der Waals surface area contributed by atoms with Crippen LogP contribution in [0.3, 0.4) is 0 Å². The van der Waals surface area contributed by atoms with Crippen molar-refractivity contribution in [2.75, 3.05) is 26.4 Å². The van der Waals surface area contributed by atoms with Crippen LogP contribution in [0, 0.1) is 5.92 Å². The fraction of sp³-hybridized carbons (Fsp3) is 0.562. The maximum atomic E-state index is 12.5. The Balaban J connectivity index is 0.00000144. The standard InChI is InChI=1S/C16H20N2O3.ClH/c19-16-13-8-15-14(20-10-21-15)7-12(13)9-18(16)6-3-11-1-4-17-5-2-11;/h7-8,11,17H,1-6,9-10H2;1H. The van der Waals surface area contributed by atoms with Gasteiger partial charge >= 0.3 is 0 Å². The van der Waals surface area contributed by atoms with Crippen molar-refractivity contribution >= 4 is 18.3 Å². The molecule has 0 aliphatic carbocycles. The van der Waals surface area contributed by atoms with E-state index in [1.807, 2.05) is 17.0 Å². The topological polar surface area (TPSA) is 50.8 Å². The lowest BCUT2D eigenvalue weighted by Gasteiger charge is -2.25. The lowest BCUT2D eigenvalue weighted by Crippen LogP contribution is -2.31. The number of hydrogen-bond donors (Lipinski definition) is 1. The van der Waals surface area contributed by atoms with Gasteiger partial charge in [-0.05, 0) is 56.0 Å². The third-order valence-corrected chi connectivity index (χ3v) is 4.74. The minimum Gasteiger partial charge on any atom is -0.454 e. The van der Waals surface area contributed by atoms with E-state index in [9.17, 15) is 4.79 Å². The summed E-state index contributed by atoms with van der Waals surface area (Å²) in [6.07, 6.45) is 3.56. The van der Waals surface area contributed by atoms with Crippen molar-refractivity contribution in [1.29, 1.82) is 0 Å². The number of rotatable bonds is 3. The summed E-state index contributed by atoms with van der Waals surface area (Å²) in [4.78, 5) is 14.4. The van der Waals surface area contributed by atoms with Gasteiger partial charge in [-0.3, -0.25) is 4.79 Å². The van der Waals surface area contributed by atoms with Crippen molar-refractivity contribution in [2.45, 2.75) is 25.8 Å². The van der Waals surface area contributed by atoms with Crippen LogP contribution in [-0.4, -0.2) is 37.2 Å². The quantitative estimate of drug-likeness (QED) is 0.926. The molecule has 22 heavy (non-hydrogen) atoms. The van der Waals surface area contributed by atoms with E-state index in [1.54, 1.807) is 0 Å². The SMILES string of the molecule is Cl.O=C1c2cc3c(cc2CN1CCC1CCNCC1)OCO3. The number of halogens is 1. The molecule has 1 fully saturated rings. The number of nitrogens with zero attached hydrogens (tertiary/aromatic N) is 1. The Kier molecular flexibility index (Phi) is 4.45. The molecule has 0 bridgehead atoms. The van der Waals surface area contributed by atoms with Crippen LogP contribution in [0.5, 0.6) is 11.5 Å². The molecule has 1 saturated heterocycles. The lowest BCUT2D eigenvalue weighted by molar-refractivity contribution is 0.0765. The number of hydrogen-bond acceptors (Lipinski definition) is 4. The zero-order valence-corrected chi connectivity index (χ0v) is 13.3. The molecule has 0 atom stereocenters. The highest BCUT2D eigenvalue weighted by atomic mass is 35.5. The van der Waals surface area contributed by atoms with Gasteiger partial charge < -0.3 is 19.7 Å². The van der Waals surface area contributed by atoms with Crippen LogP contribution in [0.2, 0.25) is 0 Å². The maximum Gasteiger partial charge on any atom is 0.254 e. The van der Waals surface area contributed by atoms with Crippen molar-refractivity contribution in [2.24, 2.45) is 5.92 Å². The molecule has 5 nitrogen and oxygen atoms in total. The molecule has 6 heteroatoms. The molecule has 3 heterocycles. The largest absolute Gasteiger partial charge is 0.454 e. The van der Waals surface area contributed by atoms with Crippen molar-refractivity contribution in [3.05, 3.63) is 23.3 Å². The van der Waals surface area contributed by atoms with E-state index in [4.69, 9.17) is 9.47 Å². The molecule has 1 aromatic rings. The predicted molar refractivity (Wildman–Crippen MR) is 84.8 cm³/mol. The van der Waals surface area contributed by atoms with Crippen LogP contribution in [0.1, 0.15) is 35.2 Å². The summed E-state index contributed by atoms with van der Waals surface area (Å²) in [5.74, 6) is 2.35. The molecule has 0 spiro atoms. The van der Waals surface area contributed by atoms with Crippen LogP contribution >= 0.6 is 12.4 Å². The van der Waals surface area contributed by atoms with Crippen molar-refractivity contribution in [3.8, 4) is 11.5 Å². The van der Waals surface area contributed by atoms with E-state index in [2.05, 4.69) is 5.32 Å². The number of amides is 1. The summed E-state index contributed by atoms with van der Waals surface area (Å²) in [5, 5.41) is 3.38. The first-order valence-corrected chi connectivity index (χ1v) is 7.74. The first-order valence-electron chi connectivity index (χ1n) is 7.74. The molecular weight excluding hydrogens is 304 g/mol. The summed E-state index contributed by atoms with van der Waals surface area (Å²) >= 11 is 0. The second kappa shape index (κ2) is 6.34. The van der Waals surface area contributed by atoms with E-state index >= 15 is 0 Å². The lowest BCUT2D eigenvalue weighted by atomic mass is 9.94. The Morgan fingerprint density at radius 1 is 1.18 bits per heavy atom. The Bertz CT molecular complexity index is 573. The van der Waals surface area contributed by atoms with Crippen LogP contribution in [0.4, 0.5) is 0 Å². The first kappa shape index (κ1) is 15.4. The number of fused-ring (bicyclic) bond motifs is 2. The van der Waals surface area contributed by atoms with Gasteiger partial charge in [0.1, 0.15) is 0 Å². The van der Waals surface area contributed by atoms with Gasteiger partial charge in [0.2, 0.25) is 6.79 Å². The van der Waals surface area contributed by atoms with Gasteiger partial charge in [0.15, 0.2) is 11.5 Å². The molecule has 120 valence electrons. The Labute approximate surface area is 136 Å². The number of benzene rings is 1. The minimum absolute atomic E-state index is 0. The van der Waals surface area contributed by atoms with Gasteiger partial charge in [0.05, 0.1) is 0 Å². The molecule has 4 rings (SSSR count). The molecule has 0 unspecified atom stereocenters. The zero-order valence-electron chi connectivity index (χ0n) is 12.5. The van der Waals surface area contributed by atoms with Gasteiger partial charge in [0, 0.05) is 18.7 Å². The average molecular weight is 325 g/mol. The van der Waals surface area contributed by atoms with Crippen molar-refractivity contribution < 1.29 is 14.3 Å². The summed E-state index contributed by atoms with van der Waals surface area (Å²) in [6, 6.07) is 3.80. The van der Waals surface area contributed by atoms with Gasteiger partial charge in [-0.2, -0.15) is 0 Å². The van der Waals surface area contributed by atoms with E-state index in [1.165, 1.54) is 12.8 Å². The van der Waals surface area contributed by atoms with E-state index in [0.29, 0.717) is 12.3 Å². The monoisotopic (exact) mass is 324 g/mol. The van der Waals surface area contributed by atoms with Crippen molar-refractivity contribution in [3.63, 3.8) is 0 Å². The molecular formula is C16H21ClN2O3. The van der Waals surface area contributed by atoms with Gasteiger partial charge in [-0.1, -0.05) is 0 Å². The maximum absolute atomic E-state index is 12.5. The molecule has 0 saturated carbocycles. The number of piperidine rings is 1. The van der Waals surface area contributed by atoms with Gasteiger partial charge in [0.25, 0.3) is 5.91 Å². The van der Waals surface area contributed by atoms with Crippen LogP contribution in [0.25, 0.3) is 0 Å². The molecule has 3 aliphatic rings. The minimum atomic E-state index is 0. The Morgan fingerprint density at radius 3 is 2.68 bits per heavy atom. The number of carbonyl (C=O) groups is 1. The molecule has 1 amide bonds. The average Bonchev–Trinajstić information content (AvgIpc) is 3.09.